The molecular weight excluding hydrogens is 160 g/mol. The van der Waals surface area contributed by atoms with Crippen molar-refractivity contribution >= 4 is 18.0 Å². The lowest BCUT2D eigenvalue weighted by Crippen LogP contribution is -1.91. The minimum atomic E-state index is 0.543. The van der Waals surface area contributed by atoms with Gasteiger partial charge in [-0.3, -0.25) is 0 Å². The minimum absolute atomic E-state index is 0.543. The molecule has 2 N–H and O–H groups in total. The number of aromatic nitrogens is 1. The molecule has 0 saturated carbocycles. The number of nitrogens with zero attached hydrogens (tertiary/aromatic N) is 1. The topological polar surface area (TPSA) is 38.9 Å². The van der Waals surface area contributed by atoms with Crippen LogP contribution in [0.3, 0.4) is 0 Å². The summed E-state index contributed by atoms with van der Waals surface area (Å²) in [5, 5.41) is 0. The van der Waals surface area contributed by atoms with Crippen LogP contribution in [0.4, 0.5) is 5.82 Å². The zero-order valence-corrected chi connectivity index (χ0v) is 7.83. The van der Waals surface area contributed by atoms with E-state index in [0.717, 1.165) is 17.5 Å². The standard InChI is InChI=1S/C11H14N2/c1-3-5-6-10-7-11(12)13-8-9(10)4-2/h4-8H,2-3H2,1H3,(H2,12,13)/b6-5-. The van der Waals surface area contributed by atoms with Crippen LogP contribution in [0.15, 0.2) is 24.9 Å². The summed E-state index contributed by atoms with van der Waals surface area (Å²) in [5.74, 6) is 0.543. The van der Waals surface area contributed by atoms with E-state index in [1.807, 2.05) is 12.1 Å². The van der Waals surface area contributed by atoms with E-state index in [0.29, 0.717) is 5.82 Å². The van der Waals surface area contributed by atoms with Crippen molar-refractivity contribution in [1.29, 1.82) is 0 Å². The maximum absolute atomic E-state index is 5.57. The van der Waals surface area contributed by atoms with E-state index in [1.165, 1.54) is 0 Å². The number of pyridine rings is 1. The van der Waals surface area contributed by atoms with Crippen LogP contribution in [-0.2, 0) is 0 Å². The number of anilines is 1. The molecule has 0 spiro atoms. The van der Waals surface area contributed by atoms with Gasteiger partial charge in [0.15, 0.2) is 0 Å². The zero-order valence-electron chi connectivity index (χ0n) is 7.83. The zero-order chi connectivity index (χ0) is 9.68. The number of hydrogen-bond acceptors (Lipinski definition) is 2. The third kappa shape index (κ3) is 2.44. The largest absolute Gasteiger partial charge is 0.384 e. The number of allylic oxidation sites excluding steroid dienone is 1. The Balaban J connectivity index is 3.08. The van der Waals surface area contributed by atoms with Crippen LogP contribution < -0.4 is 5.73 Å². The second kappa shape index (κ2) is 4.45. The van der Waals surface area contributed by atoms with Crippen molar-refractivity contribution in [1.82, 2.24) is 4.98 Å². The molecule has 0 radical (unpaired) electrons. The quantitative estimate of drug-likeness (QED) is 0.765. The van der Waals surface area contributed by atoms with Crippen LogP contribution >= 0.6 is 0 Å². The maximum atomic E-state index is 5.57. The molecule has 13 heavy (non-hydrogen) atoms. The van der Waals surface area contributed by atoms with E-state index in [9.17, 15) is 0 Å². The summed E-state index contributed by atoms with van der Waals surface area (Å²) >= 11 is 0. The van der Waals surface area contributed by atoms with Gasteiger partial charge in [-0.05, 0) is 23.6 Å². The summed E-state index contributed by atoms with van der Waals surface area (Å²) in [6.45, 7) is 5.81. The predicted molar refractivity (Wildman–Crippen MR) is 58.1 cm³/mol. The van der Waals surface area contributed by atoms with Gasteiger partial charge in [0.25, 0.3) is 0 Å². The molecule has 0 aliphatic carbocycles. The number of nitrogens with two attached hydrogens (primary N) is 1. The van der Waals surface area contributed by atoms with Gasteiger partial charge in [0.05, 0.1) is 0 Å². The van der Waals surface area contributed by atoms with Gasteiger partial charge in [-0.25, -0.2) is 4.98 Å². The number of rotatable bonds is 3. The van der Waals surface area contributed by atoms with Crippen molar-refractivity contribution in [3.05, 3.63) is 36.0 Å². The van der Waals surface area contributed by atoms with Crippen LogP contribution in [-0.4, -0.2) is 4.98 Å². The summed E-state index contributed by atoms with van der Waals surface area (Å²) in [5.41, 5.74) is 7.66. The molecule has 68 valence electrons. The molecule has 0 saturated heterocycles. The van der Waals surface area contributed by atoms with E-state index in [1.54, 1.807) is 12.3 Å². The third-order valence-electron chi connectivity index (χ3n) is 1.74. The van der Waals surface area contributed by atoms with Gasteiger partial charge in [-0.1, -0.05) is 31.7 Å². The fourth-order valence-electron chi connectivity index (χ4n) is 1.06. The predicted octanol–water partition coefficient (Wildman–Crippen LogP) is 2.73. The smallest absolute Gasteiger partial charge is 0.123 e. The first-order chi connectivity index (χ1) is 6.27. The van der Waals surface area contributed by atoms with E-state index in [2.05, 4.69) is 24.6 Å². The lowest BCUT2D eigenvalue weighted by molar-refractivity contribution is 1.23. The first kappa shape index (κ1) is 9.52. The molecule has 0 bridgehead atoms. The molecule has 0 fully saturated rings. The van der Waals surface area contributed by atoms with Crippen LogP contribution in [0, 0.1) is 0 Å². The molecule has 2 nitrogen and oxygen atoms in total. The average molecular weight is 174 g/mol. The molecule has 2 heteroatoms. The molecular formula is C11H14N2. The highest BCUT2D eigenvalue weighted by atomic mass is 14.8. The Morgan fingerprint density at radius 3 is 2.92 bits per heavy atom. The first-order valence-electron chi connectivity index (χ1n) is 4.32. The third-order valence-corrected chi connectivity index (χ3v) is 1.74. The molecule has 0 atom stereocenters. The molecule has 0 aliphatic rings. The normalized spacial score (nSPS) is 10.5. The Bertz CT molecular complexity index is 327. The highest BCUT2D eigenvalue weighted by Gasteiger charge is 1.96. The molecule has 0 aromatic carbocycles. The first-order valence-corrected chi connectivity index (χ1v) is 4.32. The summed E-state index contributed by atoms with van der Waals surface area (Å²) in [4.78, 5) is 3.99. The maximum Gasteiger partial charge on any atom is 0.123 e. The van der Waals surface area contributed by atoms with E-state index in [4.69, 9.17) is 5.73 Å². The van der Waals surface area contributed by atoms with Crippen molar-refractivity contribution < 1.29 is 0 Å². The Morgan fingerprint density at radius 2 is 2.31 bits per heavy atom. The van der Waals surface area contributed by atoms with E-state index >= 15 is 0 Å². The lowest BCUT2D eigenvalue weighted by Gasteiger charge is -2.00. The van der Waals surface area contributed by atoms with Gasteiger partial charge in [0.1, 0.15) is 5.82 Å². The van der Waals surface area contributed by atoms with Gasteiger partial charge >= 0.3 is 0 Å². The minimum Gasteiger partial charge on any atom is -0.384 e. The molecule has 0 unspecified atom stereocenters. The second-order valence-corrected chi connectivity index (χ2v) is 2.75. The molecule has 0 aliphatic heterocycles. The van der Waals surface area contributed by atoms with Crippen LogP contribution in [0.25, 0.3) is 12.2 Å². The number of nitrogen functional groups attached to an aromatic ring is 1. The van der Waals surface area contributed by atoms with Crippen molar-refractivity contribution in [3.8, 4) is 0 Å². The van der Waals surface area contributed by atoms with Gasteiger partial charge in [0.2, 0.25) is 0 Å². The van der Waals surface area contributed by atoms with Crippen molar-refractivity contribution in [3.63, 3.8) is 0 Å². The molecule has 1 heterocycles. The fourth-order valence-corrected chi connectivity index (χ4v) is 1.06. The Hall–Kier alpha value is -1.57. The monoisotopic (exact) mass is 174 g/mol. The Morgan fingerprint density at radius 1 is 1.54 bits per heavy atom. The van der Waals surface area contributed by atoms with Gasteiger partial charge in [-0.2, -0.15) is 0 Å². The van der Waals surface area contributed by atoms with E-state index in [-0.39, 0.29) is 0 Å². The van der Waals surface area contributed by atoms with Crippen molar-refractivity contribution in [2.24, 2.45) is 0 Å². The van der Waals surface area contributed by atoms with E-state index < -0.39 is 0 Å². The Labute approximate surface area is 78.8 Å². The highest BCUT2D eigenvalue weighted by Crippen LogP contribution is 2.13. The summed E-state index contributed by atoms with van der Waals surface area (Å²) in [7, 11) is 0. The van der Waals surface area contributed by atoms with Gasteiger partial charge in [-0.15, -0.1) is 0 Å². The molecule has 1 aromatic rings. The summed E-state index contributed by atoms with van der Waals surface area (Å²) in [6, 6.07) is 1.85. The fraction of sp³-hybridized carbons (Fsp3) is 0.182. The van der Waals surface area contributed by atoms with Crippen LogP contribution in [0.2, 0.25) is 0 Å². The molecule has 1 rings (SSSR count). The second-order valence-electron chi connectivity index (χ2n) is 2.75. The highest BCUT2D eigenvalue weighted by molar-refractivity contribution is 5.65. The lowest BCUT2D eigenvalue weighted by atomic mass is 10.1. The summed E-state index contributed by atoms with van der Waals surface area (Å²) < 4.78 is 0. The van der Waals surface area contributed by atoms with Gasteiger partial charge in [0, 0.05) is 6.20 Å². The Kier molecular flexibility index (Phi) is 3.26. The van der Waals surface area contributed by atoms with Gasteiger partial charge < -0.3 is 5.73 Å². The van der Waals surface area contributed by atoms with Crippen molar-refractivity contribution in [2.45, 2.75) is 13.3 Å². The van der Waals surface area contributed by atoms with Crippen molar-refractivity contribution in [2.75, 3.05) is 5.73 Å². The average Bonchev–Trinajstić information content (AvgIpc) is 2.15. The molecule has 1 aromatic heterocycles. The van der Waals surface area contributed by atoms with Crippen LogP contribution in [0.5, 0.6) is 0 Å². The van der Waals surface area contributed by atoms with Crippen LogP contribution in [0.1, 0.15) is 24.5 Å². The molecule has 0 amide bonds. The number of hydrogen-bond donors (Lipinski definition) is 1. The summed E-state index contributed by atoms with van der Waals surface area (Å²) in [6.07, 6.45) is 8.65. The SMILES string of the molecule is C=Cc1cnc(N)cc1/C=C\CC.